The summed E-state index contributed by atoms with van der Waals surface area (Å²) in [6.45, 7) is 3.15. The number of carbonyl (C=O) groups excluding carboxylic acids is 1. The molecule has 0 aliphatic carbocycles. The summed E-state index contributed by atoms with van der Waals surface area (Å²) >= 11 is 1.66. The molecule has 0 saturated carbocycles. The second kappa shape index (κ2) is 6.11. The van der Waals surface area contributed by atoms with Crippen LogP contribution in [0.15, 0.2) is 29.0 Å². The van der Waals surface area contributed by atoms with E-state index in [0.29, 0.717) is 24.6 Å². The molecule has 1 amide bonds. The fourth-order valence-corrected chi connectivity index (χ4v) is 2.05. The molecule has 94 valence electrons. The van der Waals surface area contributed by atoms with Gasteiger partial charge in [0.25, 0.3) is 5.91 Å². The van der Waals surface area contributed by atoms with Crippen LogP contribution in [0.5, 0.6) is 0 Å². The number of thiophene rings is 1. The Bertz CT molecular complexity index is 495. The third-order valence-electron chi connectivity index (χ3n) is 2.29. The van der Waals surface area contributed by atoms with E-state index in [-0.39, 0.29) is 5.91 Å². The summed E-state index contributed by atoms with van der Waals surface area (Å²) in [4.78, 5) is 11.5. The maximum atomic E-state index is 11.5. The summed E-state index contributed by atoms with van der Waals surface area (Å²) in [5.74, 6) is 0.462. The van der Waals surface area contributed by atoms with Crippen molar-refractivity contribution in [3.8, 4) is 0 Å². The normalized spacial score (nSPS) is 10.1. The number of carbonyl (C=O) groups is 1. The van der Waals surface area contributed by atoms with Gasteiger partial charge in [0.2, 0.25) is 0 Å². The number of rotatable bonds is 5. The van der Waals surface area contributed by atoms with Crippen molar-refractivity contribution in [3.63, 3.8) is 0 Å². The highest BCUT2D eigenvalue weighted by molar-refractivity contribution is 7.07. The van der Waals surface area contributed by atoms with Gasteiger partial charge in [-0.15, -0.1) is 10.2 Å². The van der Waals surface area contributed by atoms with Crippen LogP contribution >= 0.6 is 11.3 Å². The molecule has 0 bridgehead atoms. The fraction of sp³-hybridized carbons (Fsp3) is 0.250. The molecule has 0 radical (unpaired) electrons. The van der Waals surface area contributed by atoms with E-state index < -0.39 is 0 Å². The van der Waals surface area contributed by atoms with E-state index in [9.17, 15) is 4.79 Å². The van der Waals surface area contributed by atoms with Gasteiger partial charge in [-0.05, 0) is 41.4 Å². The average molecular weight is 262 g/mol. The molecule has 0 aromatic carbocycles. The van der Waals surface area contributed by atoms with Crippen LogP contribution in [0.3, 0.4) is 0 Å². The van der Waals surface area contributed by atoms with Gasteiger partial charge in [-0.25, -0.2) is 0 Å². The number of hydrogen-bond acceptors (Lipinski definition) is 5. The van der Waals surface area contributed by atoms with E-state index in [2.05, 4.69) is 26.2 Å². The molecule has 0 saturated heterocycles. The summed E-state index contributed by atoms with van der Waals surface area (Å²) in [5, 5.41) is 17.8. The van der Waals surface area contributed by atoms with Crippen LogP contribution in [0.1, 0.15) is 23.0 Å². The molecule has 0 aliphatic heterocycles. The lowest BCUT2D eigenvalue weighted by molar-refractivity contribution is 0.0950. The maximum absolute atomic E-state index is 11.5. The topological polar surface area (TPSA) is 66.9 Å². The van der Waals surface area contributed by atoms with Crippen LogP contribution in [0, 0.1) is 0 Å². The number of anilines is 1. The summed E-state index contributed by atoms with van der Waals surface area (Å²) in [6.07, 6.45) is 0. The first-order valence-corrected chi connectivity index (χ1v) is 6.60. The molecule has 0 spiro atoms. The zero-order valence-electron chi connectivity index (χ0n) is 10.0. The van der Waals surface area contributed by atoms with E-state index >= 15 is 0 Å². The predicted octanol–water partition coefficient (Wildman–Crippen LogP) is 1.90. The number of amides is 1. The molecular formula is C12H14N4OS. The summed E-state index contributed by atoms with van der Waals surface area (Å²) in [5.41, 5.74) is 1.53. The molecule has 2 aromatic heterocycles. The zero-order chi connectivity index (χ0) is 12.8. The van der Waals surface area contributed by atoms with Gasteiger partial charge in [0.15, 0.2) is 5.69 Å². The van der Waals surface area contributed by atoms with Crippen molar-refractivity contribution in [2.24, 2.45) is 0 Å². The van der Waals surface area contributed by atoms with Crippen LogP contribution in [0.4, 0.5) is 5.82 Å². The van der Waals surface area contributed by atoms with Crippen molar-refractivity contribution in [1.82, 2.24) is 15.5 Å². The highest BCUT2D eigenvalue weighted by Gasteiger charge is 2.06. The monoisotopic (exact) mass is 262 g/mol. The van der Waals surface area contributed by atoms with Crippen molar-refractivity contribution >= 4 is 23.1 Å². The average Bonchev–Trinajstić information content (AvgIpc) is 2.90. The molecule has 2 rings (SSSR count). The minimum Gasteiger partial charge on any atom is -0.364 e. The first kappa shape index (κ1) is 12.5. The van der Waals surface area contributed by atoms with E-state index in [1.165, 1.54) is 5.56 Å². The van der Waals surface area contributed by atoms with Gasteiger partial charge < -0.3 is 10.6 Å². The van der Waals surface area contributed by atoms with Crippen LogP contribution in [-0.4, -0.2) is 22.6 Å². The Kier molecular flexibility index (Phi) is 4.25. The Morgan fingerprint density at radius 1 is 1.33 bits per heavy atom. The predicted molar refractivity (Wildman–Crippen MR) is 71.7 cm³/mol. The highest BCUT2D eigenvalue weighted by atomic mass is 32.1. The van der Waals surface area contributed by atoms with Crippen LogP contribution in [0.25, 0.3) is 0 Å². The van der Waals surface area contributed by atoms with E-state index in [4.69, 9.17) is 0 Å². The fourth-order valence-electron chi connectivity index (χ4n) is 1.38. The quantitative estimate of drug-likeness (QED) is 0.863. The van der Waals surface area contributed by atoms with Gasteiger partial charge in [-0.3, -0.25) is 4.79 Å². The highest BCUT2D eigenvalue weighted by Crippen LogP contribution is 2.09. The smallest absolute Gasteiger partial charge is 0.271 e. The number of nitrogens with zero attached hydrogens (tertiary/aromatic N) is 2. The van der Waals surface area contributed by atoms with Gasteiger partial charge in [-0.2, -0.15) is 11.3 Å². The molecule has 2 N–H and O–H groups in total. The lowest BCUT2D eigenvalue weighted by atomic mass is 10.3. The van der Waals surface area contributed by atoms with Crippen molar-refractivity contribution in [2.75, 3.05) is 11.9 Å². The second-order valence-corrected chi connectivity index (χ2v) is 4.43. The van der Waals surface area contributed by atoms with Crippen LogP contribution < -0.4 is 10.6 Å². The van der Waals surface area contributed by atoms with E-state index in [1.54, 1.807) is 23.5 Å². The van der Waals surface area contributed by atoms with Gasteiger partial charge in [0.05, 0.1) is 0 Å². The first-order valence-electron chi connectivity index (χ1n) is 5.66. The Labute approximate surface area is 109 Å². The maximum Gasteiger partial charge on any atom is 0.271 e. The summed E-state index contributed by atoms with van der Waals surface area (Å²) in [6, 6.07) is 5.46. The van der Waals surface area contributed by atoms with Crippen molar-refractivity contribution < 1.29 is 4.79 Å². The van der Waals surface area contributed by atoms with Gasteiger partial charge in [0, 0.05) is 13.1 Å². The van der Waals surface area contributed by atoms with E-state index in [1.807, 2.05) is 18.4 Å². The molecule has 2 heterocycles. The van der Waals surface area contributed by atoms with Crippen molar-refractivity contribution in [3.05, 3.63) is 40.2 Å². The molecule has 0 aliphatic rings. The molecule has 5 nitrogen and oxygen atoms in total. The summed E-state index contributed by atoms with van der Waals surface area (Å²) < 4.78 is 0. The lowest BCUT2D eigenvalue weighted by Gasteiger charge is -2.04. The van der Waals surface area contributed by atoms with Crippen molar-refractivity contribution in [2.45, 2.75) is 13.5 Å². The second-order valence-electron chi connectivity index (χ2n) is 3.65. The summed E-state index contributed by atoms with van der Waals surface area (Å²) in [7, 11) is 0. The van der Waals surface area contributed by atoms with Crippen LogP contribution in [-0.2, 0) is 6.54 Å². The number of hydrogen-bond donors (Lipinski definition) is 2. The Morgan fingerprint density at radius 2 is 2.22 bits per heavy atom. The van der Waals surface area contributed by atoms with Gasteiger partial charge in [0.1, 0.15) is 5.82 Å². The first-order chi connectivity index (χ1) is 8.79. The minimum atomic E-state index is -0.200. The molecule has 6 heteroatoms. The van der Waals surface area contributed by atoms with Gasteiger partial charge in [-0.1, -0.05) is 0 Å². The Morgan fingerprint density at radius 3 is 2.83 bits per heavy atom. The molecule has 2 aromatic rings. The van der Waals surface area contributed by atoms with E-state index in [0.717, 1.165) is 0 Å². The largest absolute Gasteiger partial charge is 0.364 e. The Balaban J connectivity index is 1.93. The lowest BCUT2D eigenvalue weighted by Crippen LogP contribution is -2.24. The Hall–Kier alpha value is -1.95. The van der Waals surface area contributed by atoms with Crippen molar-refractivity contribution in [1.29, 1.82) is 0 Å². The molecule has 18 heavy (non-hydrogen) atoms. The number of aromatic nitrogens is 2. The minimum absolute atomic E-state index is 0.200. The zero-order valence-corrected chi connectivity index (χ0v) is 10.8. The molecular weight excluding hydrogens is 248 g/mol. The molecule has 0 fully saturated rings. The SMILES string of the molecule is CCNC(=O)c1ccc(NCc2ccsc2)nn1. The van der Waals surface area contributed by atoms with Crippen LogP contribution in [0.2, 0.25) is 0 Å². The van der Waals surface area contributed by atoms with Gasteiger partial charge >= 0.3 is 0 Å². The number of nitrogens with one attached hydrogen (secondary N) is 2. The molecule has 0 unspecified atom stereocenters. The molecule has 0 atom stereocenters. The third kappa shape index (κ3) is 3.27. The third-order valence-corrected chi connectivity index (χ3v) is 3.02. The standard InChI is InChI=1S/C12H14N4OS/c1-2-13-12(17)10-3-4-11(16-15-10)14-7-9-5-6-18-8-9/h3-6,8H,2,7H2,1H3,(H,13,17)(H,14,16).